The van der Waals surface area contributed by atoms with Gasteiger partial charge < -0.3 is 5.73 Å². The predicted octanol–water partition coefficient (Wildman–Crippen LogP) is -0.289. The molecule has 1 aromatic heterocycles. The highest BCUT2D eigenvalue weighted by molar-refractivity contribution is 7.89. The zero-order valence-electron chi connectivity index (χ0n) is 9.40. The van der Waals surface area contributed by atoms with Gasteiger partial charge in [-0.2, -0.15) is 5.10 Å². The standard InChI is InChI=1S/C9H15N5O2S/c1-5-7(4-12-13-5)17(15,16)14-8(9(10)11)6-2-3-6/h4,6,8,14H,2-3H2,1H3,(H3,10,11)(H,12,13). The fraction of sp³-hybridized carbons (Fsp3) is 0.556. The minimum atomic E-state index is -3.66. The van der Waals surface area contributed by atoms with E-state index in [2.05, 4.69) is 14.9 Å². The summed E-state index contributed by atoms with van der Waals surface area (Å²) < 4.78 is 26.5. The number of aryl methyl sites for hydroxylation is 1. The van der Waals surface area contributed by atoms with Crippen molar-refractivity contribution in [3.8, 4) is 0 Å². The lowest BCUT2D eigenvalue weighted by Gasteiger charge is -2.16. The van der Waals surface area contributed by atoms with Gasteiger partial charge in [-0.15, -0.1) is 0 Å². The van der Waals surface area contributed by atoms with E-state index in [1.165, 1.54) is 6.20 Å². The third-order valence-corrected chi connectivity index (χ3v) is 4.34. The number of nitrogens with zero attached hydrogens (tertiary/aromatic N) is 1. The second-order valence-corrected chi connectivity index (χ2v) is 5.93. The fourth-order valence-corrected chi connectivity index (χ4v) is 3.11. The molecule has 0 amide bonds. The highest BCUT2D eigenvalue weighted by Crippen LogP contribution is 2.33. The summed E-state index contributed by atoms with van der Waals surface area (Å²) in [5.74, 6) is 0.00621. The molecule has 1 aliphatic carbocycles. The topological polar surface area (TPSA) is 125 Å². The van der Waals surface area contributed by atoms with Crippen molar-refractivity contribution in [2.75, 3.05) is 0 Å². The maximum atomic E-state index is 12.0. The summed E-state index contributed by atoms with van der Waals surface area (Å²) in [5.41, 5.74) is 5.88. The van der Waals surface area contributed by atoms with Gasteiger partial charge in [0, 0.05) is 0 Å². The third-order valence-electron chi connectivity index (χ3n) is 2.78. The summed E-state index contributed by atoms with van der Waals surface area (Å²) in [6.07, 6.45) is 3.05. The van der Waals surface area contributed by atoms with E-state index in [0.717, 1.165) is 12.8 Å². The number of rotatable bonds is 5. The molecule has 17 heavy (non-hydrogen) atoms. The van der Waals surface area contributed by atoms with Crippen LogP contribution >= 0.6 is 0 Å². The van der Waals surface area contributed by atoms with Gasteiger partial charge in [0.2, 0.25) is 10.0 Å². The Bertz CT molecular complexity index is 531. The molecule has 0 saturated heterocycles. The second kappa shape index (κ2) is 4.11. The number of H-pyrrole nitrogens is 1. The van der Waals surface area contributed by atoms with Crippen molar-refractivity contribution in [3.05, 3.63) is 11.9 Å². The van der Waals surface area contributed by atoms with Crippen molar-refractivity contribution in [1.82, 2.24) is 14.9 Å². The van der Waals surface area contributed by atoms with E-state index in [9.17, 15) is 8.42 Å². The quantitative estimate of drug-likeness (QED) is 0.427. The SMILES string of the molecule is Cc1[nH]ncc1S(=O)(=O)NC(C(=N)N)C1CC1. The van der Waals surface area contributed by atoms with Crippen LogP contribution in [0.2, 0.25) is 0 Å². The zero-order chi connectivity index (χ0) is 12.6. The Kier molecular flexibility index (Phi) is 2.92. The molecule has 7 nitrogen and oxygen atoms in total. The number of nitrogens with one attached hydrogen (secondary N) is 3. The first-order valence-corrected chi connectivity index (χ1v) is 6.76. The van der Waals surface area contributed by atoms with Crippen molar-refractivity contribution < 1.29 is 8.42 Å². The van der Waals surface area contributed by atoms with Gasteiger partial charge in [-0.25, -0.2) is 13.1 Å². The van der Waals surface area contributed by atoms with Gasteiger partial charge in [0.1, 0.15) is 10.7 Å². The maximum Gasteiger partial charge on any atom is 0.244 e. The van der Waals surface area contributed by atoms with Crippen molar-refractivity contribution in [2.24, 2.45) is 11.7 Å². The molecule has 1 aliphatic rings. The van der Waals surface area contributed by atoms with E-state index in [1.807, 2.05) is 0 Å². The highest BCUT2D eigenvalue weighted by Gasteiger charge is 2.36. The monoisotopic (exact) mass is 257 g/mol. The van der Waals surface area contributed by atoms with Gasteiger partial charge in [-0.3, -0.25) is 10.5 Å². The summed E-state index contributed by atoms with van der Waals surface area (Å²) in [7, 11) is -3.66. The lowest BCUT2D eigenvalue weighted by atomic mass is 10.2. The number of sulfonamides is 1. The predicted molar refractivity (Wildman–Crippen MR) is 62.1 cm³/mol. The number of amidine groups is 1. The van der Waals surface area contributed by atoms with Crippen LogP contribution in [0.5, 0.6) is 0 Å². The molecule has 1 atom stereocenters. The van der Waals surface area contributed by atoms with Crippen molar-refractivity contribution in [2.45, 2.75) is 30.7 Å². The van der Waals surface area contributed by atoms with Crippen molar-refractivity contribution in [3.63, 3.8) is 0 Å². The molecule has 0 aromatic carbocycles. The van der Waals surface area contributed by atoms with Gasteiger partial charge in [-0.1, -0.05) is 0 Å². The average Bonchev–Trinajstić information content (AvgIpc) is 2.97. The first-order valence-electron chi connectivity index (χ1n) is 5.28. The Morgan fingerprint density at radius 1 is 1.71 bits per heavy atom. The molecule has 8 heteroatoms. The van der Waals surface area contributed by atoms with Crippen molar-refractivity contribution >= 4 is 15.9 Å². The summed E-state index contributed by atoms with van der Waals surface area (Å²) in [4.78, 5) is 0.101. The number of hydrogen-bond acceptors (Lipinski definition) is 4. The van der Waals surface area contributed by atoms with E-state index in [-0.39, 0.29) is 16.6 Å². The smallest absolute Gasteiger partial charge is 0.244 e. The molecule has 0 bridgehead atoms. The molecule has 2 rings (SSSR count). The number of nitrogens with two attached hydrogens (primary N) is 1. The third kappa shape index (κ3) is 2.47. The van der Waals surface area contributed by atoms with Gasteiger partial charge in [0.05, 0.1) is 17.9 Å². The van der Waals surface area contributed by atoms with Crippen LogP contribution in [0.25, 0.3) is 0 Å². The molecule has 0 spiro atoms. The molecule has 1 aromatic rings. The lowest BCUT2D eigenvalue weighted by Crippen LogP contribution is -2.45. The molecule has 1 unspecified atom stereocenters. The number of hydrogen-bond donors (Lipinski definition) is 4. The molecular formula is C9H15N5O2S. The van der Waals surface area contributed by atoms with Crippen LogP contribution in [0, 0.1) is 18.3 Å². The van der Waals surface area contributed by atoms with Crippen LogP contribution in [-0.2, 0) is 10.0 Å². The van der Waals surface area contributed by atoms with Gasteiger partial charge in [0.25, 0.3) is 0 Å². The number of aromatic nitrogens is 2. The van der Waals surface area contributed by atoms with Crippen LogP contribution in [0.1, 0.15) is 18.5 Å². The zero-order valence-corrected chi connectivity index (χ0v) is 10.2. The van der Waals surface area contributed by atoms with Gasteiger partial charge >= 0.3 is 0 Å². The molecule has 1 saturated carbocycles. The van der Waals surface area contributed by atoms with Crippen LogP contribution in [0.3, 0.4) is 0 Å². The Balaban J connectivity index is 2.22. The first kappa shape index (κ1) is 12.1. The average molecular weight is 257 g/mol. The van der Waals surface area contributed by atoms with E-state index >= 15 is 0 Å². The second-order valence-electron chi connectivity index (χ2n) is 4.25. The Morgan fingerprint density at radius 2 is 2.35 bits per heavy atom. The summed E-state index contributed by atoms with van der Waals surface area (Å²) in [6.45, 7) is 1.63. The van der Waals surface area contributed by atoms with Crippen LogP contribution in [-0.4, -0.2) is 30.5 Å². The van der Waals surface area contributed by atoms with Crippen molar-refractivity contribution in [1.29, 1.82) is 5.41 Å². The van der Waals surface area contributed by atoms with Crippen LogP contribution in [0.4, 0.5) is 0 Å². The molecule has 1 heterocycles. The highest BCUT2D eigenvalue weighted by atomic mass is 32.2. The molecule has 5 N–H and O–H groups in total. The summed E-state index contributed by atoms with van der Waals surface area (Å²) in [5, 5.41) is 13.6. The Labute approximate surface area is 99.3 Å². The van der Waals surface area contributed by atoms with Crippen LogP contribution < -0.4 is 10.5 Å². The van der Waals surface area contributed by atoms with E-state index < -0.39 is 16.1 Å². The largest absolute Gasteiger partial charge is 0.386 e. The molecule has 0 aliphatic heterocycles. The lowest BCUT2D eigenvalue weighted by molar-refractivity contribution is 0.562. The minimum Gasteiger partial charge on any atom is -0.386 e. The van der Waals surface area contributed by atoms with E-state index in [4.69, 9.17) is 11.1 Å². The Hall–Kier alpha value is -1.41. The van der Waals surface area contributed by atoms with E-state index in [0.29, 0.717) is 5.69 Å². The fourth-order valence-electron chi connectivity index (χ4n) is 1.68. The number of aromatic amines is 1. The summed E-state index contributed by atoms with van der Waals surface area (Å²) in [6, 6.07) is -0.603. The van der Waals surface area contributed by atoms with E-state index in [1.54, 1.807) is 6.92 Å². The summed E-state index contributed by atoms with van der Waals surface area (Å²) >= 11 is 0. The van der Waals surface area contributed by atoms with Crippen LogP contribution in [0.15, 0.2) is 11.1 Å². The van der Waals surface area contributed by atoms with Gasteiger partial charge in [0.15, 0.2) is 0 Å². The normalized spacial score (nSPS) is 17.9. The first-order chi connectivity index (χ1) is 7.92. The maximum absolute atomic E-state index is 12.0. The molecule has 0 radical (unpaired) electrons. The Morgan fingerprint density at radius 3 is 2.76 bits per heavy atom. The molecular weight excluding hydrogens is 242 g/mol. The minimum absolute atomic E-state index is 0.101. The van der Waals surface area contributed by atoms with Gasteiger partial charge in [-0.05, 0) is 25.7 Å². The molecule has 94 valence electrons. The molecule has 1 fully saturated rings.